The summed E-state index contributed by atoms with van der Waals surface area (Å²) in [5.74, 6) is 1.88. The van der Waals surface area contributed by atoms with Gasteiger partial charge in [-0.25, -0.2) is 9.59 Å². The number of hydrogen-bond donors (Lipinski definition) is 3. The number of carboxylic acid groups (broad SMARTS) is 1. The first-order valence-electron chi connectivity index (χ1n) is 11.2. The van der Waals surface area contributed by atoms with Crippen LogP contribution in [-0.4, -0.2) is 52.4 Å². The van der Waals surface area contributed by atoms with Crippen LogP contribution in [0.1, 0.15) is 85.0 Å². The van der Waals surface area contributed by atoms with E-state index in [4.69, 9.17) is 16.3 Å². The minimum absolute atomic E-state index is 0.207. The Morgan fingerprint density at radius 3 is 1.97 bits per heavy atom. The fourth-order valence-corrected chi connectivity index (χ4v) is 4.43. The van der Waals surface area contributed by atoms with E-state index >= 15 is 0 Å². The predicted octanol–water partition coefficient (Wildman–Crippen LogP) is 4.57. The lowest BCUT2D eigenvalue weighted by molar-refractivity contribution is -0.138. The van der Waals surface area contributed by atoms with E-state index in [1.807, 2.05) is 0 Å². The molecule has 2 aliphatic rings. The molecule has 0 aliphatic heterocycles. The van der Waals surface area contributed by atoms with E-state index in [0.29, 0.717) is 5.75 Å². The summed E-state index contributed by atoms with van der Waals surface area (Å²) in [5.41, 5.74) is -0.654. The van der Waals surface area contributed by atoms with Crippen molar-refractivity contribution in [3.63, 3.8) is 0 Å². The minimum atomic E-state index is -1.11. The Kier molecular flexibility index (Phi) is 13.0. The Bertz CT molecular complexity index is 528. The molecule has 0 heterocycles. The number of carboxylic acids is 1. The Labute approximate surface area is 186 Å². The monoisotopic (exact) mass is 440 g/mol. The van der Waals surface area contributed by atoms with Crippen molar-refractivity contribution in [3.05, 3.63) is 0 Å². The molecule has 0 aromatic carbocycles. The summed E-state index contributed by atoms with van der Waals surface area (Å²) in [6.45, 7) is 5.11. The average molecular weight is 441 g/mol. The number of rotatable bonds is 7. The van der Waals surface area contributed by atoms with Crippen molar-refractivity contribution < 1.29 is 19.4 Å². The molecule has 2 saturated carbocycles. The van der Waals surface area contributed by atoms with Gasteiger partial charge in [0, 0.05) is 17.8 Å². The largest absolute Gasteiger partial charge is 0.480 e. The zero-order chi connectivity index (χ0) is 22.4. The van der Waals surface area contributed by atoms with Gasteiger partial charge in [0.1, 0.15) is 11.6 Å². The smallest absolute Gasteiger partial charge is 0.408 e. The normalized spacial score (nSPS) is 19.0. The number of ether oxygens (including phenoxy) is 1. The van der Waals surface area contributed by atoms with Gasteiger partial charge in [-0.3, -0.25) is 0 Å². The lowest BCUT2D eigenvalue weighted by Crippen LogP contribution is -2.44. The zero-order valence-corrected chi connectivity index (χ0v) is 19.7. The van der Waals surface area contributed by atoms with Crippen molar-refractivity contribution in [1.82, 2.24) is 10.6 Å². The first kappa shape index (κ1) is 26.6. The van der Waals surface area contributed by atoms with E-state index in [0.717, 1.165) is 12.1 Å². The van der Waals surface area contributed by atoms with Crippen LogP contribution in [0.5, 0.6) is 0 Å². The van der Waals surface area contributed by atoms with Crippen molar-refractivity contribution in [2.45, 2.75) is 109 Å². The van der Waals surface area contributed by atoms with E-state index < -0.39 is 23.7 Å². The Morgan fingerprint density at radius 2 is 1.57 bits per heavy atom. The molecule has 0 aromatic rings. The van der Waals surface area contributed by atoms with Gasteiger partial charge in [0.25, 0.3) is 0 Å². The molecule has 30 heavy (non-hydrogen) atoms. The number of thioether (sulfide) groups is 1. The Morgan fingerprint density at radius 1 is 1.07 bits per heavy atom. The highest BCUT2D eigenvalue weighted by Gasteiger charge is 2.23. The van der Waals surface area contributed by atoms with Crippen molar-refractivity contribution in [2.24, 2.45) is 0 Å². The van der Waals surface area contributed by atoms with Crippen LogP contribution in [0.15, 0.2) is 0 Å². The molecule has 0 spiro atoms. The molecule has 2 fully saturated rings. The predicted molar refractivity (Wildman–Crippen MR) is 124 cm³/mol. The molecular weight excluding hydrogens is 400 g/mol. The standard InChI is InChI=1S/C12H23N.C11H17NO4S/c1-3-7-11(8-4-1)13-12-9-5-2-6-10-12;1-5-6-17-7-8(9(13)14)12-10(15)16-11(2,3)4/h11-13H,1-10H2;1,8H,6-7H2,2-4H3,(H,12,15)(H,13,14)/t;8-/m.0/s1. The number of aliphatic carboxylic acids is 1. The van der Waals surface area contributed by atoms with Crippen LogP contribution in [0.25, 0.3) is 0 Å². The molecule has 0 saturated heterocycles. The van der Waals surface area contributed by atoms with Crippen molar-refractivity contribution >= 4 is 23.8 Å². The third kappa shape index (κ3) is 13.0. The summed E-state index contributed by atoms with van der Waals surface area (Å²) in [5, 5.41) is 15.0. The van der Waals surface area contributed by atoms with Gasteiger partial charge in [-0.2, -0.15) is 0 Å². The first-order valence-corrected chi connectivity index (χ1v) is 12.4. The summed E-state index contributed by atoms with van der Waals surface area (Å²) in [6, 6.07) is 0.747. The maximum Gasteiger partial charge on any atom is 0.408 e. The molecule has 0 radical (unpaired) electrons. The van der Waals surface area contributed by atoms with Gasteiger partial charge in [0.05, 0.1) is 5.75 Å². The van der Waals surface area contributed by atoms with Crippen LogP contribution in [0.4, 0.5) is 4.79 Å². The van der Waals surface area contributed by atoms with Crippen molar-refractivity contribution in [2.75, 3.05) is 11.5 Å². The Balaban J connectivity index is 0.000000308. The topological polar surface area (TPSA) is 87.7 Å². The van der Waals surface area contributed by atoms with Crippen LogP contribution < -0.4 is 10.6 Å². The van der Waals surface area contributed by atoms with Crippen molar-refractivity contribution in [3.8, 4) is 12.3 Å². The molecule has 2 aliphatic carbocycles. The maximum atomic E-state index is 11.4. The fourth-order valence-electron chi connectivity index (χ4n) is 3.73. The number of terminal acetylenes is 1. The van der Waals surface area contributed by atoms with Crippen molar-refractivity contribution in [1.29, 1.82) is 0 Å². The minimum Gasteiger partial charge on any atom is -0.480 e. The molecule has 0 aromatic heterocycles. The quantitative estimate of drug-likeness (QED) is 0.397. The molecule has 1 amide bonds. The summed E-state index contributed by atoms with van der Waals surface area (Å²) < 4.78 is 4.96. The fraction of sp³-hybridized carbons (Fsp3) is 0.826. The van der Waals surface area contributed by atoms with E-state index in [2.05, 4.69) is 16.6 Å². The highest BCUT2D eigenvalue weighted by Crippen LogP contribution is 2.22. The van der Waals surface area contributed by atoms with Crippen LogP contribution in [0.2, 0.25) is 0 Å². The van der Waals surface area contributed by atoms with E-state index in [1.54, 1.807) is 20.8 Å². The molecule has 6 nitrogen and oxygen atoms in total. The van der Waals surface area contributed by atoms with Crippen LogP contribution in [0, 0.1) is 12.3 Å². The second kappa shape index (κ2) is 14.6. The van der Waals surface area contributed by atoms with E-state index in [-0.39, 0.29) is 5.75 Å². The SMILES string of the molecule is C#CCSC[C@H](NC(=O)OC(C)(C)C)C(=O)O.C1CCC(NC2CCCCC2)CC1. The van der Waals surface area contributed by atoms with E-state index in [9.17, 15) is 9.59 Å². The molecule has 3 N–H and O–H groups in total. The summed E-state index contributed by atoms with van der Waals surface area (Å²) in [6.07, 6.45) is 18.9. The third-order valence-electron chi connectivity index (χ3n) is 5.14. The second-order valence-corrected chi connectivity index (χ2v) is 10.1. The second-order valence-electron chi connectivity index (χ2n) is 9.09. The number of alkyl carbamates (subject to hydrolysis) is 1. The lowest BCUT2D eigenvalue weighted by atomic mass is 9.91. The van der Waals surface area contributed by atoms with Crippen LogP contribution in [-0.2, 0) is 9.53 Å². The molecule has 172 valence electrons. The molecule has 2 rings (SSSR count). The number of carbonyl (C=O) groups excluding carboxylic acids is 1. The number of nitrogens with one attached hydrogen (secondary N) is 2. The van der Waals surface area contributed by atoms with E-state index in [1.165, 1.54) is 76.0 Å². The number of amides is 1. The van der Waals surface area contributed by atoms with Gasteiger partial charge in [-0.15, -0.1) is 18.2 Å². The summed E-state index contributed by atoms with van der Waals surface area (Å²) in [7, 11) is 0. The molecule has 7 heteroatoms. The summed E-state index contributed by atoms with van der Waals surface area (Å²) in [4.78, 5) is 22.2. The molecule has 0 bridgehead atoms. The highest BCUT2D eigenvalue weighted by atomic mass is 32.2. The molecule has 1 atom stereocenters. The van der Waals surface area contributed by atoms with Gasteiger partial charge in [0.15, 0.2) is 0 Å². The van der Waals surface area contributed by atoms with Gasteiger partial charge >= 0.3 is 12.1 Å². The average Bonchev–Trinajstić information content (AvgIpc) is 2.68. The van der Waals surface area contributed by atoms with Gasteiger partial charge in [-0.05, 0) is 46.5 Å². The number of hydrogen-bond acceptors (Lipinski definition) is 5. The first-order chi connectivity index (χ1) is 14.2. The third-order valence-corrected chi connectivity index (χ3v) is 6.08. The summed E-state index contributed by atoms with van der Waals surface area (Å²) >= 11 is 1.26. The van der Waals surface area contributed by atoms with Crippen LogP contribution >= 0.6 is 11.8 Å². The van der Waals surface area contributed by atoms with Gasteiger partial charge < -0.3 is 20.5 Å². The van der Waals surface area contributed by atoms with Gasteiger partial charge in [0.2, 0.25) is 0 Å². The lowest BCUT2D eigenvalue weighted by Gasteiger charge is -2.30. The molecular formula is C23H40N2O4S. The highest BCUT2D eigenvalue weighted by molar-refractivity contribution is 7.99. The Hall–Kier alpha value is -1.39. The number of carbonyl (C=O) groups is 2. The maximum absolute atomic E-state index is 11.4. The zero-order valence-electron chi connectivity index (χ0n) is 18.9. The van der Waals surface area contributed by atoms with Gasteiger partial charge in [-0.1, -0.05) is 44.4 Å². The van der Waals surface area contributed by atoms with Crippen LogP contribution in [0.3, 0.4) is 0 Å². The molecule has 0 unspecified atom stereocenters.